The zero-order chi connectivity index (χ0) is 24.1. The van der Waals surface area contributed by atoms with Crippen LogP contribution in [0.2, 0.25) is 5.02 Å². The molecule has 0 aliphatic carbocycles. The summed E-state index contributed by atoms with van der Waals surface area (Å²) in [7, 11) is 0. The zero-order valence-electron chi connectivity index (χ0n) is 17.0. The monoisotopic (exact) mass is 476 g/mol. The summed E-state index contributed by atoms with van der Waals surface area (Å²) in [6.45, 7) is -0.377. The van der Waals surface area contributed by atoms with Gasteiger partial charge in [0.15, 0.2) is 6.61 Å². The van der Waals surface area contributed by atoms with E-state index in [1.54, 1.807) is 30.3 Å². The molecule has 3 rings (SSSR count). The number of nitrogens with zero attached hydrogens (tertiary/aromatic N) is 1. The maximum absolute atomic E-state index is 14.4. The van der Waals surface area contributed by atoms with Crippen LogP contribution in [-0.4, -0.2) is 17.7 Å². The molecule has 1 aromatic heterocycles. The van der Waals surface area contributed by atoms with Crippen LogP contribution in [0.4, 0.5) is 22.4 Å². The van der Waals surface area contributed by atoms with E-state index in [4.69, 9.17) is 22.8 Å². The lowest BCUT2D eigenvalue weighted by atomic mass is 9.80. The van der Waals surface area contributed by atoms with E-state index in [-0.39, 0.29) is 29.3 Å². The van der Waals surface area contributed by atoms with E-state index in [0.717, 1.165) is 12.1 Å². The molecule has 0 radical (unpaired) electrons. The van der Waals surface area contributed by atoms with Crippen molar-refractivity contribution in [3.8, 4) is 12.3 Å². The second-order valence-electron chi connectivity index (χ2n) is 7.06. The van der Waals surface area contributed by atoms with Crippen molar-refractivity contribution in [1.29, 1.82) is 0 Å². The van der Waals surface area contributed by atoms with E-state index in [1.807, 2.05) is 0 Å². The lowest BCUT2D eigenvalue weighted by Gasteiger charge is -2.35. The van der Waals surface area contributed by atoms with Gasteiger partial charge in [0.2, 0.25) is 0 Å². The van der Waals surface area contributed by atoms with Crippen LogP contribution in [0.1, 0.15) is 22.4 Å². The Hall–Kier alpha value is -3.57. The first-order valence-electron chi connectivity index (χ1n) is 9.57. The van der Waals surface area contributed by atoms with Gasteiger partial charge in [0.25, 0.3) is 0 Å². The van der Waals surface area contributed by atoms with Crippen molar-refractivity contribution in [1.82, 2.24) is 10.3 Å². The van der Waals surface area contributed by atoms with Crippen molar-refractivity contribution in [3.05, 3.63) is 100 Å². The lowest BCUT2D eigenvalue weighted by molar-refractivity contribution is -0.137. The molecule has 9 heteroatoms. The van der Waals surface area contributed by atoms with Crippen molar-refractivity contribution in [2.45, 2.75) is 18.1 Å². The van der Waals surface area contributed by atoms with E-state index in [0.29, 0.717) is 11.6 Å². The van der Waals surface area contributed by atoms with Gasteiger partial charge < -0.3 is 10.1 Å². The molecule has 0 unspecified atom stereocenters. The molecule has 0 fully saturated rings. The number of rotatable bonds is 6. The van der Waals surface area contributed by atoms with E-state index in [1.165, 1.54) is 18.3 Å². The molecule has 2 aromatic carbocycles. The molecule has 170 valence electrons. The topological polar surface area (TPSA) is 51.2 Å². The predicted molar refractivity (Wildman–Crippen MR) is 115 cm³/mol. The number of carbonyl (C=O) groups excluding carboxylic acids is 1. The summed E-state index contributed by atoms with van der Waals surface area (Å²) in [6.07, 6.45) is 0.490. The van der Waals surface area contributed by atoms with Crippen LogP contribution in [-0.2, 0) is 22.9 Å². The summed E-state index contributed by atoms with van der Waals surface area (Å²) in [5.74, 6) is 1.00. The molecule has 3 aromatic rings. The zero-order valence-corrected chi connectivity index (χ0v) is 17.8. The highest BCUT2D eigenvalue weighted by Gasteiger charge is 2.41. The number of alkyl halides is 3. The van der Waals surface area contributed by atoms with Gasteiger partial charge in [0.05, 0.1) is 16.3 Å². The van der Waals surface area contributed by atoms with E-state index < -0.39 is 29.2 Å². The summed E-state index contributed by atoms with van der Waals surface area (Å²) >= 11 is 5.95. The lowest BCUT2D eigenvalue weighted by Crippen LogP contribution is -2.49. The second kappa shape index (κ2) is 9.92. The molecular weight excluding hydrogens is 460 g/mol. The summed E-state index contributed by atoms with van der Waals surface area (Å²) in [5.41, 5.74) is -2.41. The highest BCUT2D eigenvalue weighted by atomic mass is 35.5. The molecule has 0 aliphatic rings. The molecule has 0 saturated carbocycles. The Morgan fingerprint density at radius 1 is 1.09 bits per heavy atom. The van der Waals surface area contributed by atoms with Crippen LogP contribution in [0.15, 0.2) is 66.9 Å². The first-order chi connectivity index (χ1) is 15.6. The van der Waals surface area contributed by atoms with Crippen molar-refractivity contribution >= 4 is 17.7 Å². The van der Waals surface area contributed by atoms with Gasteiger partial charge in [0, 0.05) is 12.6 Å². The largest absolute Gasteiger partial charge is 0.436 e. The van der Waals surface area contributed by atoms with Crippen LogP contribution in [0.5, 0.6) is 0 Å². The number of hydrogen-bond acceptors (Lipinski definition) is 3. The highest BCUT2D eigenvalue weighted by Crippen LogP contribution is 2.38. The van der Waals surface area contributed by atoms with Crippen LogP contribution in [0, 0.1) is 18.2 Å². The minimum atomic E-state index is -4.83. The highest BCUT2D eigenvalue weighted by molar-refractivity contribution is 6.30. The standard InChI is InChI=1S/C24H17ClF4N2O2/c1-2-10-33-22(32)31-23(14-16-6-4-3-5-7-16,21-9-8-19(25)15-30-21)17-11-18(24(27,28)29)13-20(26)12-17/h1,3-9,11-13,15H,10,14H2,(H,31,32)/t23-/m0/s1. The van der Waals surface area contributed by atoms with Crippen molar-refractivity contribution in [3.63, 3.8) is 0 Å². The molecule has 1 N–H and O–H groups in total. The van der Waals surface area contributed by atoms with E-state index in [2.05, 4.69) is 16.2 Å². The van der Waals surface area contributed by atoms with Gasteiger partial charge in [-0.1, -0.05) is 47.9 Å². The van der Waals surface area contributed by atoms with E-state index >= 15 is 0 Å². The number of nitrogens with one attached hydrogen (secondary N) is 1. The van der Waals surface area contributed by atoms with Crippen LogP contribution >= 0.6 is 11.6 Å². The number of aromatic nitrogens is 1. The van der Waals surface area contributed by atoms with Crippen LogP contribution in [0.3, 0.4) is 0 Å². The van der Waals surface area contributed by atoms with Gasteiger partial charge in [-0.05, 0) is 41.5 Å². The quantitative estimate of drug-likeness (QED) is 0.365. The SMILES string of the molecule is C#CCOC(=O)N[C@@](Cc1ccccc1)(c1cc(F)cc(C(F)(F)F)c1)c1ccc(Cl)cn1. The molecule has 0 saturated heterocycles. The van der Waals surface area contributed by atoms with Gasteiger partial charge in [0.1, 0.15) is 11.4 Å². The number of amides is 1. The number of hydrogen-bond donors (Lipinski definition) is 1. The Morgan fingerprint density at radius 2 is 1.79 bits per heavy atom. The smallest absolute Gasteiger partial charge is 0.416 e. The summed E-state index contributed by atoms with van der Waals surface area (Å²) in [5, 5.41) is 2.84. The van der Waals surface area contributed by atoms with Gasteiger partial charge >= 0.3 is 12.3 Å². The van der Waals surface area contributed by atoms with Gasteiger partial charge in [-0.15, -0.1) is 6.42 Å². The van der Waals surface area contributed by atoms with Crippen LogP contribution < -0.4 is 5.32 Å². The minimum absolute atomic E-state index is 0.0750. The van der Waals surface area contributed by atoms with Crippen molar-refractivity contribution in [2.24, 2.45) is 0 Å². The average Bonchev–Trinajstić information content (AvgIpc) is 2.77. The Bertz CT molecular complexity index is 1160. The number of halogens is 5. The fraction of sp³-hybridized carbons (Fsp3) is 0.167. The number of alkyl carbamates (subject to hydrolysis) is 1. The minimum Gasteiger partial charge on any atom is -0.436 e. The maximum atomic E-state index is 14.4. The number of pyridine rings is 1. The fourth-order valence-corrected chi connectivity index (χ4v) is 3.48. The third-order valence-corrected chi connectivity index (χ3v) is 5.02. The molecule has 1 heterocycles. The average molecular weight is 477 g/mol. The van der Waals surface area contributed by atoms with Crippen LogP contribution in [0.25, 0.3) is 0 Å². The third kappa shape index (κ3) is 5.82. The predicted octanol–water partition coefficient (Wildman–Crippen LogP) is 5.74. The number of ether oxygens (including phenoxy) is 1. The molecule has 33 heavy (non-hydrogen) atoms. The summed E-state index contributed by atoms with van der Waals surface area (Å²) < 4.78 is 59.9. The van der Waals surface area contributed by atoms with Crippen molar-refractivity contribution in [2.75, 3.05) is 6.61 Å². The molecular formula is C24H17ClF4N2O2. The first kappa shape index (κ1) is 24.1. The van der Waals surface area contributed by atoms with Gasteiger partial charge in [-0.25, -0.2) is 9.18 Å². The Labute approximate surface area is 192 Å². The normalized spacial score (nSPS) is 13.0. The maximum Gasteiger partial charge on any atom is 0.416 e. The second-order valence-corrected chi connectivity index (χ2v) is 7.50. The van der Waals surface area contributed by atoms with Crippen molar-refractivity contribution < 1.29 is 27.1 Å². The molecule has 0 bridgehead atoms. The molecule has 4 nitrogen and oxygen atoms in total. The molecule has 0 aliphatic heterocycles. The Kier molecular flexibility index (Phi) is 7.24. The molecule has 1 atom stereocenters. The first-order valence-corrected chi connectivity index (χ1v) is 9.94. The van der Waals surface area contributed by atoms with E-state index in [9.17, 15) is 22.4 Å². The van der Waals surface area contributed by atoms with Gasteiger partial charge in [-0.3, -0.25) is 4.98 Å². The summed E-state index contributed by atoms with van der Waals surface area (Å²) in [4.78, 5) is 16.8. The van der Waals surface area contributed by atoms with Gasteiger partial charge in [-0.2, -0.15) is 13.2 Å². The number of carbonyl (C=O) groups is 1. The fourth-order valence-electron chi connectivity index (χ4n) is 3.37. The number of benzene rings is 2. The number of terminal acetylenes is 1. The molecule has 1 amide bonds. The Morgan fingerprint density at radius 3 is 2.39 bits per heavy atom. The third-order valence-electron chi connectivity index (χ3n) is 4.80. The molecule has 0 spiro atoms. The summed E-state index contributed by atoms with van der Waals surface area (Å²) in [6, 6.07) is 13.6. The Balaban J connectivity index is 2.28.